The zero-order valence-corrected chi connectivity index (χ0v) is 8.95. The zero-order valence-electron chi connectivity index (χ0n) is 8.14. The first-order valence-corrected chi connectivity index (χ1v) is 5.26. The van der Waals surface area contributed by atoms with Gasteiger partial charge >= 0.3 is 0 Å². The molecule has 0 spiro atoms. The molecule has 0 amide bonds. The minimum atomic E-state index is 0.493. The molecule has 0 saturated heterocycles. The summed E-state index contributed by atoms with van der Waals surface area (Å²) < 4.78 is 5.12. The van der Waals surface area contributed by atoms with Gasteiger partial charge in [0.2, 0.25) is 0 Å². The molecule has 0 saturated carbocycles. The third kappa shape index (κ3) is 2.05. The molecular weight excluding hydrogens is 210 g/mol. The largest absolute Gasteiger partial charge is 0.497 e. The molecule has 0 bridgehead atoms. The van der Waals surface area contributed by atoms with Crippen molar-refractivity contribution < 1.29 is 9.53 Å². The molecule has 76 valence electrons. The van der Waals surface area contributed by atoms with Gasteiger partial charge in [0.05, 0.1) is 12.8 Å². The lowest BCUT2D eigenvalue weighted by Crippen LogP contribution is -1.84. The second kappa shape index (κ2) is 4.23. The molecule has 0 aliphatic rings. The fraction of sp³-hybridized carbons (Fsp3) is 0.0909. The second-order valence-corrected chi connectivity index (χ2v) is 3.81. The molecule has 4 heteroatoms. The Morgan fingerprint density at radius 2 is 2.33 bits per heavy atom. The number of methoxy groups -OCH3 is 1. The number of carbonyl (C=O) groups is 1. The first-order chi connectivity index (χ1) is 7.33. The fourth-order valence-corrected chi connectivity index (χ4v) is 1.88. The summed E-state index contributed by atoms with van der Waals surface area (Å²) in [6, 6.07) is 7.60. The minimum Gasteiger partial charge on any atom is -0.497 e. The van der Waals surface area contributed by atoms with Crippen LogP contribution >= 0.6 is 11.3 Å². The lowest BCUT2D eigenvalue weighted by Gasteiger charge is -2.01. The van der Waals surface area contributed by atoms with Crippen LogP contribution in [0.1, 0.15) is 9.80 Å². The van der Waals surface area contributed by atoms with E-state index in [0.717, 1.165) is 23.3 Å². The summed E-state index contributed by atoms with van der Waals surface area (Å²) in [5, 5.41) is 2.35. The van der Waals surface area contributed by atoms with Crippen molar-refractivity contribution in [2.75, 3.05) is 7.11 Å². The normalized spacial score (nSPS) is 9.93. The summed E-state index contributed by atoms with van der Waals surface area (Å²) in [6.45, 7) is 0. The smallest absolute Gasteiger partial charge is 0.178 e. The van der Waals surface area contributed by atoms with Crippen molar-refractivity contribution in [1.82, 2.24) is 4.98 Å². The van der Waals surface area contributed by atoms with Gasteiger partial charge in [-0.15, -0.1) is 11.3 Å². The van der Waals surface area contributed by atoms with Crippen LogP contribution < -0.4 is 4.74 Å². The van der Waals surface area contributed by atoms with Crippen LogP contribution in [0.5, 0.6) is 5.75 Å². The number of nitrogens with zero attached hydrogens (tertiary/aromatic N) is 1. The molecule has 2 aromatic rings. The van der Waals surface area contributed by atoms with Crippen molar-refractivity contribution in [2.24, 2.45) is 0 Å². The molecular formula is C11H9NO2S. The molecule has 0 aliphatic heterocycles. The van der Waals surface area contributed by atoms with E-state index in [9.17, 15) is 4.79 Å². The van der Waals surface area contributed by atoms with Gasteiger partial charge in [0, 0.05) is 10.9 Å². The molecule has 1 aromatic carbocycles. The summed E-state index contributed by atoms with van der Waals surface area (Å²) in [7, 11) is 1.62. The zero-order chi connectivity index (χ0) is 10.7. The molecule has 0 radical (unpaired) electrons. The molecule has 2 rings (SSSR count). The number of hydrogen-bond acceptors (Lipinski definition) is 4. The van der Waals surface area contributed by atoms with Crippen LogP contribution in [0.2, 0.25) is 0 Å². The highest BCUT2D eigenvalue weighted by atomic mass is 32.1. The van der Waals surface area contributed by atoms with E-state index in [4.69, 9.17) is 4.74 Å². The first kappa shape index (κ1) is 9.86. The van der Waals surface area contributed by atoms with Gasteiger partial charge in [-0.3, -0.25) is 4.79 Å². The highest BCUT2D eigenvalue weighted by molar-refractivity contribution is 7.11. The Morgan fingerprint density at radius 3 is 3.00 bits per heavy atom. The predicted octanol–water partition coefficient (Wildman–Crippen LogP) is 2.63. The van der Waals surface area contributed by atoms with Crippen LogP contribution in [0.4, 0.5) is 0 Å². The third-order valence-electron chi connectivity index (χ3n) is 1.99. The highest BCUT2D eigenvalue weighted by Crippen LogP contribution is 2.24. The summed E-state index contributed by atoms with van der Waals surface area (Å²) in [4.78, 5) is 14.7. The van der Waals surface area contributed by atoms with E-state index in [1.165, 1.54) is 11.3 Å². The van der Waals surface area contributed by atoms with E-state index in [1.54, 1.807) is 7.11 Å². The van der Waals surface area contributed by atoms with Gasteiger partial charge in [0.25, 0.3) is 0 Å². The summed E-state index contributed by atoms with van der Waals surface area (Å²) in [6.07, 6.45) is 0.758. The lowest BCUT2D eigenvalue weighted by atomic mass is 10.2. The minimum absolute atomic E-state index is 0.493. The Bertz CT molecular complexity index is 479. The van der Waals surface area contributed by atoms with Gasteiger partial charge in [0.1, 0.15) is 5.75 Å². The number of benzene rings is 1. The summed E-state index contributed by atoms with van der Waals surface area (Å²) >= 11 is 1.34. The monoisotopic (exact) mass is 219 g/mol. The Balaban J connectivity index is 2.39. The van der Waals surface area contributed by atoms with Gasteiger partial charge in [-0.25, -0.2) is 4.98 Å². The van der Waals surface area contributed by atoms with Gasteiger partial charge in [-0.2, -0.15) is 0 Å². The van der Waals surface area contributed by atoms with Crippen molar-refractivity contribution in [3.63, 3.8) is 0 Å². The van der Waals surface area contributed by atoms with Crippen LogP contribution in [0, 0.1) is 0 Å². The maximum Gasteiger partial charge on any atom is 0.178 e. The fourth-order valence-electron chi connectivity index (χ4n) is 1.26. The molecule has 0 atom stereocenters. The van der Waals surface area contributed by atoms with Gasteiger partial charge in [-0.05, 0) is 12.1 Å². The van der Waals surface area contributed by atoms with Crippen molar-refractivity contribution in [3.05, 3.63) is 34.7 Å². The maximum atomic E-state index is 10.5. The molecule has 0 aliphatic carbocycles. The van der Waals surface area contributed by atoms with Gasteiger partial charge in [0.15, 0.2) is 11.3 Å². The average Bonchev–Trinajstić information content (AvgIpc) is 2.78. The summed E-state index contributed by atoms with van der Waals surface area (Å²) in [5.74, 6) is 0.785. The third-order valence-corrected chi connectivity index (χ3v) is 2.76. The number of hydrogen-bond donors (Lipinski definition) is 0. The first-order valence-electron chi connectivity index (χ1n) is 4.38. The van der Waals surface area contributed by atoms with Crippen molar-refractivity contribution in [3.8, 4) is 17.0 Å². The molecule has 0 N–H and O–H groups in total. The van der Waals surface area contributed by atoms with Crippen LogP contribution in [0.15, 0.2) is 29.6 Å². The van der Waals surface area contributed by atoms with Crippen LogP contribution in [-0.4, -0.2) is 18.4 Å². The number of ether oxygens (including phenoxy) is 1. The van der Waals surface area contributed by atoms with Gasteiger partial charge in [-0.1, -0.05) is 12.1 Å². The van der Waals surface area contributed by atoms with E-state index < -0.39 is 0 Å². The van der Waals surface area contributed by atoms with Crippen molar-refractivity contribution in [1.29, 1.82) is 0 Å². The van der Waals surface area contributed by atoms with Crippen LogP contribution in [-0.2, 0) is 0 Å². The molecule has 0 unspecified atom stereocenters. The Labute approximate surface area is 91.4 Å². The van der Waals surface area contributed by atoms with Crippen molar-refractivity contribution in [2.45, 2.75) is 0 Å². The predicted molar refractivity (Wildman–Crippen MR) is 59.5 cm³/mol. The highest BCUT2D eigenvalue weighted by Gasteiger charge is 2.04. The topological polar surface area (TPSA) is 39.2 Å². The number of thiazole rings is 1. The van der Waals surface area contributed by atoms with Gasteiger partial charge < -0.3 is 4.74 Å². The molecule has 15 heavy (non-hydrogen) atoms. The molecule has 0 fully saturated rings. The Morgan fingerprint density at radius 1 is 1.47 bits per heavy atom. The number of carbonyl (C=O) groups excluding carboxylic acids is 1. The molecule has 1 aromatic heterocycles. The number of aromatic nitrogens is 1. The van der Waals surface area contributed by atoms with Crippen LogP contribution in [0.3, 0.4) is 0 Å². The Kier molecular flexibility index (Phi) is 2.78. The number of rotatable bonds is 3. The van der Waals surface area contributed by atoms with E-state index >= 15 is 0 Å². The molecule has 1 heterocycles. The van der Waals surface area contributed by atoms with E-state index in [1.807, 2.05) is 29.6 Å². The molecule has 3 nitrogen and oxygen atoms in total. The second-order valence-electron chi connectivity index (χ2n) is 2.92. The van der Waals surface area contributed by atoms with E-state index in [-0.39, 0.29) is 0 Å². The average molecular weight is 219 g/mol. The lowest BCUT2D eigenvalue weighted by molar-refractivity contribution is 0.112. The number of aldehydes is 1. The van der Waals surface area contributed by atoms with E-state index in [2.05, 4.69) is 4.98 Å². The Hall–Kier alpha value is -1.68. The maximum absolute atomic E-state index is 10.5. The SMILES string of the molecule is COc1cccc(-c2csc(C=O)n2)c1. The standard InChI is InChI=1S/C11H9NO2S/c1-14-9-4-2-3-8(5-9)10-7-15-11(6-13)12-10/h2-7H,1H3. The summed E-state index contributed by atoms with van der Waals surface area (Å²) in [5.41, 5.74) is 1.76. The van der Waals surface area contributed by atoms with Crippen LogP contribution in [0.25, 0.3) is 11.3 Å². The quantitative estimate of drug-likeness (QED) is 0.745. The van der Waals surface area contributed by atoms with E-state index in [0.29, 0.717) is 5.01 Å². The van der Waals surface area contributed by atoms with Crippen molar-refractivity contribution >= 4 is 17.6 Å².